The molecule has 41 heavy (non-hydrogen) atoms. The van der Waals surface area contributed by atoms with Crippen molar-refractivity contribution in [2.24, 2.45) is 5.92 Å². The molecule has 2 amide bonds. The fraction of sp³-hybridized carbons (Fsp3) is 0.567. The third kappa shape index (κ3) is 7.42. The van der Waals surface area contributed by atoms with Crippen molar-refractivity contribution in [3.8, 4) is 6.07 Å². The number of anilines is 1. The van der Waals surface area contributed by atoms with E-state index in [9.17, 15) is 14.9 Å². The van der Waals surface area contributed by atoms with Crippen LogP contribution in [0, 0.1) is 17.2 Å². The number of nitrogens with one attached hydrogen (secondary N) is 1. The SMILES string of the molecule is CN1CCN(C(=O)C2CCN(Cc3ccc(C(=O)NN(c4nc(C#N)ncc4Br)C4CCCCC4)cc3)CC2)CC1. The summed E-state index contributed by atoms with van der Waals surface area (Å²) in [5.74, 6) is 0.813. The molecular weight excluding hydrogens is 584 g/mol. The molecule has 0 spiro atoms. The van der Waals surface area contributed by atoms with Crippen molar-refractivity contribution < 1.29 is 9.59 Å². The Morgan fingerprint density at radius 1 is 1.02 bits per heavy atom. The van der Waals surface area contributed by atoms with E-state index in [1.807, 2.05) is 40.2 Å². The monoisotopic (exact) mass is 622 g/mol. The van der Waals surface area contributed by atoms with Gasteiger partial charge in [0.25, 0.3) is 5.91 Å². The van der Waals surface area contributed by atoms with Gasteiger partial charge in [-0.05, 0) is 79.4 Å². The first-order valence-corrected chi connectivity index (χ1v) is 15.5. The lowest BCUT2D eigenvalue weighted by molar-refractivity contribution is -0.138. The number of hydrogen-bond donors (Lipinski definition) is 1. The molecule has 1 aliphatic carbocycles. The molecule has 0 atom stereocenters. The second kappa shape index (κ2) is 13.7. The van der Waals surface area contributed by atoms with Crippen molar-refractivity contribution in [3.63, 3.8) is 0 Å². The molecule has 0 unspecified atom stereocenters. The number of carbonyl (C=O) groups is 2. The molecule has 2 aliphatic heterocycles. The lowest BCUT2D eigenvalue weighted by Crippen LogP contribution is -2.50. The van der Waals surface area contributed by atoms with Gasteiger partial charge >= 0.3 is 0 Å². The largest absolute Gasteiger partial charge is 0.340 e. The maximum absolute atomic E-state index is 13.4. The van der Waals surface area contributed by atoms with Crippen LogP contribution in [0.1, 0.15) is 66.7 Å². The van der Waals surface area contributed by atoms with Gasteiger partial charge in [0.05, 0.1) is 10.5 Å². The molecule has 1 N–H and O–H groups in total. The Hall–Kier alpha value is -3.07. The number of nitriles is 1. The molecular formula is C30H39BrN8O2. The topological polar surface area (TPSA) is 109 Å². The predicted octanol–water partition coefficient (Wildman–Crippen LogP) is 3.58. The van der Waals surface area contributed by atoms with Crippen LogP contribution in [0.5, 0.6) is 0 Å². The number of benzene rings is 1. The number of piperazine rings is 1. The minimum absolute atomic E-state index is 0.0651. The Bertz CT molecular complexity index is 1240. The zero-order valence-electron chi connectivity index (χ0n) is 23.8. The van der Waals surface area contributed by atoms with Gasteiger partial charge in [-0.15, -0.1) is 0 Å². The molecule has 0 radical (unpaired) electrons. The number of likely N-dealkylation sites (tertiary alicyclic amines) is 1. The van der Waals surface area contributed by atoms with Gasteiger partial charge in [-0.1, -0.05) is 31.4 Å². The van der Waals surface area contributed by atoms with Crippen LogP contribution < -0.4 is 10.4 Å². The van der Waals surface area contributed by atoms with Gasteiger partial charge in [0.15, 0.2) is 5.82 Å². The standard InChI is InChI=1S/C30H39BrN8O2/c1-36-15-17-38(18-16-36)30(41)24-11-13-37(14-12-24)21-22-7-9-23(10-8-22)29(40)35-39(25-5-3-2-4-6-25)28-26(31)20-33-27(19-32)34-28/h7-10,20,24-25H,2-6,11-18,21H2,1H3,(H,35,40). The van der Waals surface area contributed by atoms with Crippen LogP contribution in [-0.4, -0.2) is 88.8 Å². The lowest BCUT2D eigenvalue weighted by Gasteiger charge is -2.37. The van der Waals surface area contributed by atoms with Gasteiger partial charge in [0.1, 0.15) is 6.07 Å². The molecule has 0 bridgehead atoms. The summed E-state index contributed by atoms with van der Waals surface area (Å²) in [5, 5.41) is 11.1. The number of halogens is 1. The second-order valence-corrected chi connectivity index (χ2v) is 12.3. The van der Waals surface area contributed by atoms with E-state index in [0.29, 0.717) is 21.8 Å². The summed E-state index contributed by atoms with van der Waals surface area (Å²) < 4.78 is 0.631. The van der Waals surface area contributed by atoms with Gasteiger partial charge in [0.2, 0.25) is 11.7 Å². The van der Waals surface area contributed by atoms with Crippen molar-refractivity contribution in [2.45, 2.75) is 57.5 Å². The van der Waals surface area contributed by atoms with Crippen LogP contribution >= 0.6 is 15.9 Å². The highest BCUT2D eigenvalue weighted by atomic mass is 79.9. The summed E-state index contributed by atoms with van der Waals surface area (Å²) in [4.78, 5) is 41.5. The maximum Gasteiger partial charge on any atom is 0.269 e. The average molecular weight is 624 g/mol. The minimum Gasteiger partial charge on any atom is -0.340 e. The van der Waals surface area contributed by atoms with E-state index < -0.39 is 0 Å². The van der Waals surface area contributed by atoms with Crippen molar-refractivity contribution in [3.05, 3.63) is 51.9 Å². The van der Waals surface area contributed by atoms with Crippen LogP contribution in [0.3, 0.4) is 0 Å². The summed E-state index contributed by atoms with van der Waals surface area (Å²) >= 11 is 3.51. The Morgan fingerprint density at radius 3 is 2.37 bits per heavy atom. The molecule has 2 aromatic rings. The van der Waals surface area contributed by atoms with E-state index >= 15 is 0 Å². The van der Waals surface area contributed by atoms with Gasteiger partial charge in [-0.3, -0.25) is 24.9 Å². The number of nitrogens with zero attached hydrogens (tertiary/aromatic N) is 7. The Labute approximate surface area is 250 Å². The summed E-state index contributed by atoms with van der Waals surface area (Å²) in [7, 11) is 2.11. The van der Waals surface area contributed by atoms with Crippen molar-refractivity contribution in [1.82, 2.24) is 30.1 Å². The molecule has 3 heterocycles. The number of hydrazine groups is 1. The fourth-order valence-electron chi connectivity index (χ4n) is 6.05. The third-order valence-electron chi connectivity index (χ3n) is 8.59. The molecule has 1 aromatic carbocycles. The minimum atomic E-state index is -0.214. The molecule has 218 valence electrons. The van der Waals surface area contributed by atoms with E-state index in [2.05, 4.69) is 48.2 Å². The molecule has 1 saturated carbocycles. The molecule has 10 nitrogen and oxygen atoms in total. The highest BCUT2D eigenvalue weighted by Gasteiger charge is 2.30. The van der Waals surface area contributed by atoms with Crippen LogP contribution in [0.4, 0.5) is 5.82 Å². The van der Waals surface area contributed by atoms with Gasteiger partial charge in [0, 0.05) is 50.4 Å². The quantitative estimate of drug-likeness (QED) is 0.467. The van der Waals surface area contributed by atoms with E-state index in [1.54, 1.807) is 6.20 Å². The number of amides is 2. The molecule has 11 heteroatoms. The number of likely N-dealkylation sites (N-methyl/N-ethyl adjacent to an activating group) is 1. The highest BCUT2D eigenvalue weighted by molar-refractivity contribution is 9.10. The van der Waals surface area contributed by atoms with E-state index in [0.717, 1.165) is 89.9 Å². The van der Waals surface area contributed by atoms with E-state index in [-0.39, 0.29) is 23.7 Å². The summed E-state index contributed by atoms with van der Waals surface area (Å²) in [6, 6.07) is 9.84. The summed E-state index contributed by atoms with van der Waals surface area (Å²) in [6.07, 6.45) is 8.58. The van der Waals surface area contributed by atoms with Gasteiger partial charge in [-0.25, -0.2) is 4.98 Å². The summed E-state index contributed by atoms with van der Waals surface area (Å²) in [5.41, 5.74) is 4.78. The fourth-order valence-corrected chi connectivity index (χ4v) is 6.44. The third-order valence-corrected chi connectivity index (χ3v) is 9.15. The van der Waals surface area contributed by atoms with Crippen LogP contribution in [0.2, 0.25) is 0 Å². The maximum atomic E-state index is 13.4. The number of piperidine rings is 1. The number of carbonyl (C=O) groups excluding carboxylic acids is 2. The lowest BCUT2D eigenvalue weighted by atomic mass is 9.94. The zero-order chi connectivity index (χ0) is 28.8. The Morgan fingerprint density at radius 2 is 1.71 bits per heavy atom. The molecule has 3 fully saturated rings. The Kier molecular flexibility index (Phi) is 9.85. The Balaban J connectivity index is 1.17. The van der Waals surface area contributed by atoms with Crippen LogP contribution in [-0.2, 0) is 11.3 Å². The van der Waals surface area contributed by atoms with Crippen LogP contribution in [0.25, 0.3) is 0 Å². The number of aromatic nitrogens is 2. The van der Waals surface area contributed by atoms with Crippen molar-refractivity contribution in [2.75, 3.05) is 51.3 Å². The molecule has 2 saturated heterocycles. The first-order valence-electron chi connectivity index (χ1n) is 14.7. The highest BCUT2D eigenvalue weighted by Crippen LogP contribution is 2.30. The van der Waals surface area contributed by atoms with Gasteiger partial charge in [-0.2, -0.15) is 10.2 Å². The zero-order valence-corrected chi connectivity index (χ0v) is 25.4. The van der Waals surface area contributed by atoms with Crippen LogP contribution in [0.15, 0.2) is 34.9 Å². The number of hydrogen-bond acceptors (Lipinski definition) is 8. The second-order valence-electron chi connectivity index (χ2n) is 11.5. The number of rotatable bonds is 7. The predicted molar refractivity (Wildman–Crippen MR) is 160 cm³/mol. The summed E-state index contributed by atoms with van der Waals surface area (Å²) in [6.45, 7) is 6.20. The van der Waals surface area contributed by atoms with Gasteiger partial charge < -0.3 is 9.80 Å². The molecule has 5 rings (SSSR count). The smallest absolute Gasteiger partial charge is 0.269 e. The molecule has 3 aliphatic rings. The first kappa shape index (κ1) is 29.4. The van der Waals surface area contributed by atoms with Crippen molar-refractivity contribution >= 4 is 33.6 Å². The van der Waals surface area contributed by atoms with E-state index in [4.69, 9.17) is 0 Å². The van der Waals surface area contributed by atoms with E-state index in [1.165, 1.54) is 6.42 Å². The first-order chi connectivity index (χ1) is 19.9. The molecule has 1 aromatic heterocycles. The van der Waals surface area contributed by atoms with Crippen molar-refractivity contribution in [1.29, 1.82) is 5.26 Å². The average Bonchev–Trinajstić information content (AvgIpc) is 3.01. The normalized spacial score (nSPS) is 19.5.